The van der Waals surface area contributed by atoms with Gasteiger partial charge in [0.15, 0.2) is 0 Å². The smallest absolute Gasteiger partial charge is 0.409 e. The van der Waals surface area contributed by atoms with E-state index in [-0.39, 0.29) is 28.4 Å². The Hall–Kier alpha value is -4.33. The number of hydrogen-bond donors (Lipinski definition) is 6. The maximum Gasteiger partial charge on any atom is 0.409 e. The number of carbonyl (C=O) groups is 1. The topological polar surface area (TPSA) is 167 Å². The number of aliphatic hydroxyl groups excluding tert-OH is 1. The van der Waals surface area contributed by atoms with Gasteiger partial charge in [-0.05, 0) is 48.4 Å². The van der Waals surface area contributed by atoms with E-state index in [1.165, 1.54) is 18.3 Å². The van der Waals surface area contributed by atoms with Gasteiger partial charge in [0.2, 0.25) is 0 Å². The van der Waals surface area contributed by atoms with Crippen molar-refractivity contribution in [3.05, 3.63) is 74.7 Å². The van der Waals surface area contributed by atoms with Gasteiger partial charge < -0.3 is 25.5 Å². The zero-order valence-corrected chi connectivity index (χ0v) is 18.6. The molecule has 1 atom stereocenters. The van der Waals surface area contributed by atoms with Crippen LogP contribution in [-0.4, -0.2) is 37.8 Å². The number of amides is 1. The predicted molar refractivity (Wildman–Crippen MR) is 128 cm³/mol. The highest BCUT2D eigenvalue weighted by Crippen LogP contribution is 2.29. The molecule has 0 aliphatic rings. The van der Waals surface area contributed by atoms with Crippen molar-refractivity contribution in [2.75, 3.05) is 17.2 Å². The third-order valence-corrected chi connectivity index (χ3v) is 5.52. The number of benzene rings is 2. The second kappa shape index (κ2) is 9.27. The number of nitriles is 1. The molecule has 2 heterocycles. The molecule has 2 aromatic heterocycles. The number of nitrogens with zero attached hydrogens (tertiary/aromatic N) is 2. The Kier molecular flexibility index (Phi) is 6.23. The lowest BCUT2D eigenvalue weighted by atomic mass is 10.1. The molecule has 0 spiro atoms. The minimum Gasteiger partial charge on any atom is -0.465 e. The maximum atomic E-state index is 12.7. The van der Waals surface area contributed by atoms with E-state index < -0.39 is 12.2 Å². The molecule has 10 nitrogen and oxygen atoms in total. The van der Waals surface area contributed by atoms with Gasteiger partial charge in [0.1, 0.15) is 11.4 Å². The predicted octanol–water partition coefficient (Wildman–Crippen LogP) is 3.99. The number of nitrogens with one attached hydrogen (secondary N) is 4. The summed E-state index contributed by atoms with van der Waals surface area (Å²) < 4.78 is 0. The van der Waals surface area contributed by atoms with Crippen LogP contribution >= 0.6 is 11.6 Å². The van der Waals surface area contributed by atoms with Crippen molar-refractivity contribution in [1.29, 1.82) is 5.26 Å². The van der Waals surface area contributed by atoms with E-state index in [0.717, 1.165) is 5.56 Å². The SMILES string of the molecule is Cc1cc(C#N)cc2[nH]c(-c3c(NCC(O)c4ccc(NC(=O)O)c(Cl)c4)cc[nH]c3=O)nc12. The first kappa shape index (κ1) is 22.8. The van der Waals surface area contributed by atoms with Gasteiger partial charge in [0, 0.05) is 12.7 Å². The number of imidazole rings is 1. The maximum absolute atomic E-state index is 12.7. The molecule has 11 heteroatoms. The van der Waals surface area contributed by atoms with Gasteiger partial charge in [-0.1, -0.05) is 17.7 Å². The summed E-state index contributed by atoms with van der Waals surface area (Å²) in [7, 11) is 0. The summed E-state index contributed by atoms with van der Waals surface area (Å²) in [6.07, 6.45) is -0.770. The molecule has 0 bridgehead atoms. The highest BCUT2D eigenvalue weighted by molar-refractivity contribution is 6.33. The third-order valence-electron chi connectivity index (χ3n) is 5.21. The van der Waals surface area contributed by atoms with Crippen LogP contribution in [0.4, 0.5) is 16.2 Å². The summed E-state index contributed by atoms with van der Waals surface area (Å²) in [5.74, 6) is 0.319. The van der Waals surface area contributed by atoms with E-state index in [2.05, 4.69) is 31.7 Å². The Labute approximate surface area is 197 Å². The lowest BCUT2D eigenvalue weighted by Gasteiger charge is -2.16. The van der Waals surface area contributed by atoms with E-state index in [1.807, 2.05) is 6.92 Å². The second-order valence-electron chi connectivity index (χ2n) is 7.55. The molecule has 0 radical (unpaired) electrons. The quantitative estimate of drug-likeness (QED) is 0.243. The number of anilines is 2. The molecule has 0 aliphatic carbocycles. The molecule has 0 fully saturated rings. The van der Waals surface area contributed by atoms with Crippen molar-refractivity contribution in [2.24, 2.45) is 0 Å². The molecule has 4 aromatic rings. The first-order valence-electron chi connectivity index (χ1n) is 10.1. The molecule has 0 aliphatic heterocycles. The van der Waals surface area contributed by atoms with Crippen molar-refractivity contribution in [3.63, 3.8) is 0 Å². The third kappa shape index (κ3) is 4.56. The highest BCUT2D eigenvalue weighted by Gasteiger charge is 2.17. The summed E-state index contributed by atoms with van der Waals surface area (Å²) in [5.41, 5.74) is 3.52. The Morgan fingerprint density at radius 2 is 2.06 bits per heavy atom. The Morgan fingerprint density at radius 1 is 1.26 bits per heavy atom. The minimum atomic E-state index is -1.25. The van der Waals surface area contributed by atoms with Crippen molar-refractivity contribution in [2.45, 2.75) is 13.0 Å². The average Bonchev–Trinajstić information content (AvgIpc) is 3.22. The van der Waals surface area contributed by atoms with Crippen LogP contribution in [0.1, 0.15) is 22.8 Å². The van der Waals surface area contributed by atoms with Gasteiger partial charge in [0.05, 0.1) is 45.2 Å². The zero-order chi connectivity index (χ0) is 24.4. The standard InChI is InChI=1S/C23H19ClN6O4/c1-11-6-12(9-25)7-17-20(11)30-21(28-17)19-16(4-5-26-22(19)32)27-10-18(31)13-2-3-15(14(24)8-13)29-23(33)34/h2-8,18,29,31H,10H2,1H3,(H,28,30)(H,33,34)(H2,26,27,32). The monoisotopic (exact) mass is 478 g/mol. The second-order valence-corrected chi connectivity index (χ2v) is 7.96. The molecule has 2 aromatic carbocycles. The van der Waals surface area contributed by atoms with Gasteiger partial charge in [-0.25, -0.2) is 9.78 Å². The van der Waals surface area contributed by atoms with Gasteiger partial charge in [0.25, 0.3) is 5.56 Å². The normalized spacial score (nSPS) is 11.7. The van der Waals surface area contributed by atoms with E-state index in [1.54, 1.807) is 24.3 Å². The molecular weight excluding hydrogens is 460 g/mol. The van der Waals surface area contributed by atoms with E-state index in [0.29, 0.717) is 33.7 Å². The van der Waals surface area contributed by atoms with Gasteiger partial charge in [-0.2, -0.15) is 5.26 Å². The average molecular weight is 479 g/mol. The highest BCUT2D eigenvalue weighted by atomic mass is 35.5. The Morgan fingerprint density at radius 3 is 2.76 bits per heavy atom. The largest absolute Gasteiger partial charge is 0.465 e. The first-order valence-corrected chi connectivity index (χ1v) is 10.5. The first-order chi connectivity index (χ1) is 16.3. The molecule has 6 N–H and O–H groups in total. The molecule has 1 amide bonds. The van der Waals surface area contributed by atoms with Crippen LogP contribution < -0.4 is 16.2 Å². The summed E-state index contributed by atoms with van der Waals surface area (Å²) in [6, 6.07) is 11.6. The Balaban J connectivity index is 1.61. The molecular formula is C23H19ClN6O4. The van der Waals surface area contributed by atoms with Crippen LogP contribution in [-0.2, 0) is 0 Å². The summed E-state index contributed by atoms with van der Waals surface area (Å²) in [6.45, 7) is 1.87. The number of aliphatic hydroxyl groups is 1. The molecule has 4 rings (SSSR count). The molecule has 172 valence electrons. The number of pyridine rings is 1. The van der Waals surface area contributed by atoms with Crippen molar-refractivity contribution < 1.29 is 15.0 Å². The number of hydrogen-bond acceptors (Lipinski definition) is 6. The van der Waals surface area contributed by atoms with Gasteiger partial charge in [-0.3, -0.25) is 10.1 Å². The van der Waals surface area contributed by atoms with Crippen LogP contribution in [0.5, 0.6) is 0 Å². The Bertz CT molecular complexity index is 1500. The molecule has 34 heavy (non-hydrogen) atoms. The van der Waals surface area contributed by atoms with E-state index in [9.17, 15) is 20.0 Å². The number of aromatic amines is 2. The number of fused-ring (bicyclic) bond motifs is 1. The molecule has 1 unspecified atom stereocenters. The summed E-state index contributed by atoms with van der Waals surface area (Å²) >= 11 is 6.10. The van der Waals surface area contributed by atoms with Crippen molar-refractivity contribution in [3.8, 4) is 17.5 Å². The van der Waals surface area contributed by atoms with Crippen LogP contribution in [0.3, 0.4) is 0 Å². The number of aryl methyl sites for hydroxylation is 1. The lowest BCUT2D eigenvalue weighted by Crippen LogP contribution is -2.17. The van der Waals surface area contributed by atoms with Crippen molar-refractivity contribution >= 4 is 40.1 Å². The fourth-order valence-electron chi connectivity index (χ4n) is 3.61. The van der Waals surface area contributed by atoms with E-state index >= 15 is 0 Å². The molecule has 0 saturated carbocycles. The number of carboxylic acid groups (broad SMARTS) is 1. The van der Waals surface area contributed by atoms with E-state index in [4.69, 9.17) is 16.7 Å². The van der Waals surface area contributed by atoms with Gasteiger partial charge >= 0.3 is 6.09 Å². The van der Waals surface area contributed by atoms with Crippen LogP contribution in [0.25, 0.3) is 22.4 Å². The van der Waals surface area contributed by atoms with Gasteiger partial charge in [-0.15, -0.1) is 0 Å². The fraction of sp³-hybridized carbons (Fsp3) is 0.130. The number of aromatic nitrogens is 3. The minimum absolute atomic E-state index is 0.0380. The van der Waals surface area contributed by atoms with Crippen molar-refractivity contribution in [1.82, 2.24) is 15.0 Å². The number of halogens is 1. The number of H-pyrrole nitrogens is 2. The van der Waals surface area contributed by atoms with Crippen LogP contribution in [0.2, 0.25) is 5.02 Å². The van der Waals surface area contributed by atoms with Crippen LogP contribution in [0.15, 0.2) is 47.4 Å². The summed E-state index contributed by atoms with van der Waals surface area (Å²) in [4.78, 5) is 33.7. The fourth-order valence-corrected chi connectivity index (χ4v) is 3.85. The molecule has 0 saturated heterocycles. The lowest BCUT2D eigenvalue weighted by molar-refractivity contribution is 0.191. The zero-order valence-electron chi connectivity index (χ0n) is 17.8. The summed E-state index contributed by atoms with van der Waals surface area (Å²) in [5, 5.41) is 34.0. The number of rotatable bonds is 6. The van der Waals surface area contributed by atoms with Crippen LogP contribution in [0, 0.1) is 18.3 Å².